The molecule has 512 valence electrons. The molecule has 0 saturated heterocycles. The lowest BCUT2D eigenvalue weighted by Crippen LogP contribution is -2.13. The second kappa shape index (κ2) is 23.4. The fraction of sp³-hybridized carbons (Fsp3) is 0.0196. The third-order valence-electron chi connectivity index (χ3n) is 23.3. The van der Waals surface area contributed by atoms with Gasteiger partial charge in [0.15, 0.2) is 5.82 Å². The van der Waals surface area contributed by atoms with Crippen molar-refractivity contribution in [3.63, 3.8) is 0 Å². The van der Waals surface area contributed by atoms with Crippen molar-refractivity contribution >= 4 is 142 Å². The molecule has 0 saturated carbocycles. The number of aromatic nitrogens is 5. The molecule has 110 heavy (non-hydrogen) atoms. The van der Waals surface area contributed by atoms with E-state index < -0.39 is 0 Å². The minimum Gasteiger partial charge on any atom is -0.485 e. The first-order valence-corrected chi connectivity index (χ1v) is 37.6. The number of ether oxygens (including phenoxy) is 1. The Morgan fingerprint density at radius 2 is 0.718 bits per heavy atom. The quantitative estimate of drug-likeness (QED) is 0.144. The minimum absolute atomic E-state index is 0.0435. The lowest BCUT2D eigenvalue weighted by molar-refractivity contribution is 0.279. The van der Waals surface area contributed by atoms with Gasteiger partial charge in [-0.05, 0) is 213 Å². The summed E-state index contributed by atoms with van der Waals surface area (Å²) in [5.74, 6) is 1.61. The van der Waals surface area contributed by atoms with Gasteiger partial charge < -0.3 is 27.3 Å². The van der Waals surface area contributed by atoms with Crippen LogP contribution >= 0.6 is 0 Å². The van der Waals surface area contributed by atoms with E-state index in [9.17, 15) is 0 Å². The number of para-hydroxylation sites is 6. The van der Waals surface area contributed by atoms with Crippen LogP contribution in [0.4, 0.5) is 0 Å². The molecule has 24 rings (SSSR count). The lowest BCUT2D eigenvalue weighted by atomic mass is 9.89. The molecule has 16 aromatic carbocycles. The molecule has 0 fully saturated rings. The zero-order valence-corrected chi connectivity index (χ0v) is 59.2. The third kappa shape index (κ3) is 9.33. The molecule has 1 atom stereocenters. The van der Waals surface area contributed by atoms with Crippen LogP contribution in [0.3, 0.4) is 0 Å². The van der Waals surface area contributed by atoms with E-state index in [1.165, 1.54) is 54.6 Å². The number of furan rings is 2. The number of fused-ring (bicyclic) bond motifs is 20. The molecule has 0 amide bonds. The maximum absolute atomic E-state index is 6.39. The SMILES string of the molecule is C1=C(c2ccc3c(c2)c2ccccc2n3-c2cccc(-c3nc(-c4ccc5cc(-n6c7ccccc7c7cc(-c8ccc9oc%10ccccc%10c9c8)ccc76)ccc5c4)c4cc(-c5cccc(-n6c7ccccc7c7cc(-c8ccc9oc%10ccccc%10c9c8)ccc76)c5)ccc4n3)c2)C=C2c3ccccc3OC2C1. The molecule has 0 bridgehead atoms. The summed E-state index contributed by atoms with van der Waals surface area (Å²) in [7, 11) is 0. The lowest BCUT2D eigenvalue weighted by Gasteiger charge is -2.17. The van der Waals surface area contributed by atoms with E-state index >= 15 is 0 Å². The molecule has 0 spiro atoms. The van der Waals surface area contributed by atoms with E-state index in [2.05, 4.69) is 341 Å². The van der Waals surface area contributed by atoms with Crippen LogP contribution in [0.15, 0.2) is 361 Å². The molecule has 6 aromatic heterocycles. The second-order valence-electron chi connectivity index (χ2n) is 29.4. The Labute approximate surface area is 629 Å². The summed E-state index contributed by atoms with van der Waals surface area (Å²) in [6, 6.07) is 123. The van der Waals surface area contributed by atoms with Crippen molar-refractivity contribution < 1.29 is 13.6 Å². The highest BCUT2D eigenvalue weighted by Gasteiger charge is 2.31. The van der Waals surface area contributed by atoms with Gasteiger partial charge in [0.25, 0.3) is 0 Å². The second-order valence-corrected chi connectivity index (χ2v) is 29.4. The number of benzene rings is 16. The molecule has 1 aliphatic carbocycles. The van der Waals surface area contributed by atoms with Crippen molar-refractivity contribution in [1.29, 1.82) is 0 Å². The highest BCUT2D eigenvalue weighted by atomic mass is 16.5. The fourth-order valence-electron chi connectivity index (χ4n) is 18.1. The minimum atomic E-state index is 0.0435. The van der Waals surface area contributed by atoms with Crippen LogP contribution in [-0.4, -0.2) is 29.8 Å². The molecular weight excluding hydrogens is 1340 g/mol. The van der Waals surface area contributed by atoms with Gasteiger partial charge in [-0.25, -0.2) is 9.97 Å². The normalized spacial score (nSPS) is 13.7. The average Bonchev–Trinajstić information content (AvgIpc) is 1.59. The van der Waals surface area contributed by atoms with Crippen molar-refractivity contribution in [2.24, 2.45) is 0 Å². The molecule has 7 heterocycles. The highest BCUT2D eigenvalue weighted by Crippen LogP contribution is 2.47. The Balaban J connectivity index is 0.626. The van der Waals surface area contributed by atoms with Crippen molar-refractivity contribution in [2.75, 3.05) is 0 Å². The monoisotopic (exact) mass is 1400 g/mol. The van der Waals surface area contributed by atoms with Gasteiger partial charge in [0.2, 0.25) is 0 Å². The first-order valence-electron chi connectivity index (χ1n) is 37.6. The highest BCUT2D eigenvalue weighted by molar-refractivity contribution is 6.15. The summed E-state index contributed by atoms with van der Waals surface area (Å²) in [4.78, 5) is 11.3. The Morgan fingerprint density at radius 3 is 1.34 bits per heavy atom. The van der Waals surface area contributed by atoms with E-state index in [0.717, 1.165) is 178 Å². The molecule has 0 radical (unpaired) electrons. The third-order valence-corrected chi connectivity index (χ3v) is 23.3. The van der Waals surface area contributed by atoms with Crippen LogP contribution in [0.2, 0.25) is 0 Å². The first-order chi connectivity index (χ1) is 54.4. The van der Waals surface area contributed by atoms with Gasteiger partial charge in [0.05, 0.1) is 44.3 Å². The Kier molecular flexibility index (Phi) is 12.9. The van der Waals surface area contributed by atoms with Gasteiger partial charge in [-0.15, -0.1) is 0 Å². The van der Waals surface area contributed by atoms with Gasteiger partial charge in [0, 0.05) is 105 Å². The summed E-state index contributed by atoms with van der Waals surface area (Å²) in [5, 5.41) is 14.8. The summed E-state index contributed by atoms with van der Waals surface area (Å²) in [6.45, 7) is 0. The largest absolute Gasteiger partial charge is 0.485 e. The molecule has 8 nitrogen and oxygen atoms in total. The summed E-state index contributed by atoms with van der Waals surface area (Å²) >= 11 is 0. The zero-order valence-electron chi connectivity index (χ0n) is 59.2. The predicted octanol–water partition coefficient (Wildman–Crippen LogP) is 26.8. The predicted molar refractivity (Wildman–Crippen MR) is 453 cm³/mol. The fourth-order valence-corrected chi connectivity index (χ4v) is 18.1. The number of allylic oxidation sites excluding steroid dienone is 2. The molecule has 1 unspecified atom stereocenters. The molecule has 22 aromatic rings. The number of hydrogen-bond donors (Lipinski definition) is 0. The van der Waals surface area contributed by atoms with Gasteiger partial charge in [-0.1, -0.05) is 194 Å². The Morgan fingerprint density at radius 1 is 0.282 bits per heavy atom. The molecule has 2 aliphatic rings. The summed E-state index contributed by atoms with van der Waals surface area (Å²) in [6.07, 6.45) is 5.53. The van der Waals surface area contributed by atoms with Crippen LogP contribution in [0.25, 0.3) is 215 Å². The van der Waals surface area contributed by atoms with E-state index in [4.69, 9.17) is 23.5 Å². The molecule has 0 N–H and O–H groups in total. The van der Waals surface area contributed by atoms with Gasteiger partial charge in [0.1, 0.15) is 34.2 Å². The number of rotatable bonds is 9. The summed E-state index contributed by atoms with van der Waals surface area (Å²) in [5.41, 5.74) is 28.8. The van der Waals surface area contributed by atoms with E-state index in [1.807, 2.05) is 24.3 Å². The van der Waals surface area contributed by atoms with Crippen LogP contribution in [0, 0.1) is 0 Å². The maximum atomic E-state index is 6.39. The zero-order chi connectivity index (χ0) is 71.8. The van der Waals surface area contributed by atoms with Crippen LogP contribution in [-0.2, 0) is 0 Å². The van der Waals surface area contributed by atoms with Gasteiger partial charge >= 0.3 is 0 Å². The van der Waals surface area contributed by atoms with Crippen molar-refractivity contribution in [1.82, 2.24) is 23.7 Å². The smallest absolute Gasteiger partial charge is 0.160 e. The molecule has 1 aliphatic heterocycles. The van der Waals surface area contributed by atoms with E-state index in [1.54, 1.807) is 0 Å². The van der Waals surface area contributed by atoms with E-state index in [-0.39, 0.29) is 6.10 Å². The molecule has 8 heteroatoms. The summed E-state index contributed by atoms with van der Waals surface area (Å²) < 4.78 is 26.1. The number of nitrogens with zero attached hydrogens (tertiary/aromatic N) is 5. The topological polar surface area (TPSA) is 76.1 Å². The van der Waals surface area contributed by atoms with Crippen molar-refractivity contribution in [3.05, 3.63) is 363 Å². The van der Waals surface area contributed by atoms with Crippen molar-refractivity contribution in [3.8, 4) is 78.8 Å². The van der Waals surface area contributed by atoms with E-state index in [0.29, 0.717) is 5.82 Å². The number of hydrogen-bond acceptors (Lipinski definition) is 5. The Bertz CT molecular complexity index is 7820. The van der Waals surface area contributed by atoms with Gasteiger partial charge in [-0.3, -0.25) is 0 Å². The van der Waals surface area contributed by atoms with Crippen LogP contribution in [0.5, 0.6) is 5.75 Å². The first kappa shape index (κ1) is 60.6. The maximum Gasteiger partial charge on any atom is 0.160 e. The van der Waals surface area contributed by atoms with Gasteiger partial charge in [-0.2, -0.15) is 0 Å². The Hall–Kier alpha value is -14.6. The standard InChI is InChI=1S/C102H61N5O3/c1-7-25-89-75(19-1)81-53-64(67-38-46-98-84(56-67)78-22-4-10-28-95(78)108-98)35-43-92(81)105(89)72-17-13-15-60(50-72)63-34-42-88-87(59-63)101(104-102(103-88)71-16-14-18-73(52-71)106-90-26-8-2-20-76(90)82-54-65(36-44-93(82)106)68-39-47-99-85(57-68)79-23-5-11-29-96(79)109-99)70-32-31-62-51-74(41-33-61(62)49-70)107-91-27-9-3-21-77(91)83-55-66(37-45-94(83)107)69-40-48-100-86(58-69)80-24-6-12-30-97(80)110-100/h1-46,48-59,99H,47H2. The average molecular weight is 1400 g/mol. The molecular formula is C102H61N5O3. The van der Waals surface area contributed by atoms with Crippen LogP contribution in [0.1, 0.15) is 17.5 Å². The van der Waals surface area contributed by atoms with Crippen LogP contribution < -0.4 is 4.74 Å². The van der Waals surface area contributed by atoms with Crippen molar-refractivity contribution in [2.45, 2.75) is 12.5 Å².